The summed E-state index contributed by atoms with van der Waals surface area (Å²) in [6.07, 6.45) is 2.32. The first-order chi connectivity index (χ1) is 9.99. The van der Waals surface area contributed by atoms with Crippen LogP contribution in [0, 0.1) is 5.92 Å². The van der Waals surface area contributed by atoms with Gasteiger partial charge in [0.2, 0.25) is 0 Å². The van der Waals surface area contributed by atoms with Gasteiger partial charge in [0, 0.05) is 0 Å². The third kappa shape index (κ3) is 10.0. The summed E-state index contributed by atoms with van der Waals surface area (Å²) in [7, 11) is 5.82. The average molecular weight is 306 g/mol. The third-order valence-corrected chi connectivity index (χ3v) is 3.82. The molecule has 0 aliphatic carbocycles. The number of benzene rings is 1. The predicted molar refractivity (Wildman–Crippen MR) is 98.9 cm³/mol. The Hall–Kier alpha value is -0.795. The molecule has 126 valence electrons. The maximum atomic E-state index is 9.10. The van der Waals surface area contributed by atoms with Crippen LogP contribution < -0.4 is 5.46 Å². The fourth-order valence-corrected chi connectivity index (χ4v) is 1.24. The highest BCUT2D eigenvalue weighted by Crippen LogP contribution is 2.19. The molecule has 1 unspecified atom stereocenters. The van der Waals surface area contributed by atoms with E-state index in [-0.39, 0.29) is 0 Å². The van der Waals surface area contributed by atoms with Crippen LogP contribution in [-0.4, -0.2) is 29.3 Å². The molecule has 0 heterocycles. The number of hydrogen-bond acceptors (Lipinski definition) is 2. The van der Waals surface area contributed by atoms with Gasteiger partial charge in [-0.2, -0.15) is 0 Å². The Balaban J connectivity index is 0. The molecule has 1 atom stereocenters. The van der Waals surface area contributed by atoms with Crippen LogP contribution in [0.2, 0.25) is 0 Å². The van der Waals surface area contributed by atoms with Crippen LogP contribution in [0.25, 0.3) is 0 Å². The van der Waals surface area contributed by atoms with Crippen molar-refractivity contribution in [3.05, 3.63) is 29.8 Å². The van der Waals surface area contributed by atoms with Crippen molar-refractivity contribution >= 4 is 13.3 Å². The molecule has 22 heavy (non-hydrogen) atoms. The lowest BCUT2D eigenvalue weighted by Crippen LogP contribution is -2.44. The van der Waals surface area contributed by atoms with E-state index in [1.54, 1.807) is 27.7 Å². The van der Waals surface area contributed by atoms with Crippen molar-refractivity contribution in [1.29, 1.82) is 0 Å². The van der Waals surface area contributed by atoms with Crippen molar-refractivity contribution in [3.8, 4) is 0 Å². The van der Waals surface area contributed by atoms with Gasteiger partial charge in [-0.25, -0.2) is 0 Å². The second kappa shape index (κ2) is 10.9. The highest BCUT2D eigenvalue weighted by Gasteiger charge is 2.31. The standard InChI is InChI=1S/C11H15B.C6H14O2.C2H6/c1-3-9(2)8-10-6-4-5-7-11(10)12;1-5(2,7)6(3,4)8;1-2/h4-7,9H,3,8H2,1-2H3;7-8H,1-4H3;1-2H3. The van der Waals surface area contributed by atoms with E-state index in [9.17, 15) is 0 Å². The van der Waals surface area contributed by atoms with Gasteiger partial charge in [0.1, 0.15) is 7.85 Å². The molecular weight excluding hydrogens is 271 g/mol. The second-order valence-electron chi connectivity index (χ2n) is 6.53. The van der Waals surface area contributed by atoms with Gasteiger partial charge in [-0.1, -0.05) is 69.4 Å². The van der Waals surface area contributed by atoms with Gasteiger partial charge in [0.15, 0.2) is 0 Å². The fraction of sp³-hybridized carbons (Fsp3) is 0.684. The summed E-state index contributed by atoms with van der Waals surface area (Å²) in [5, 5.41) is 18.2. The molecule has 0 amide bonds. The van der Waals surface area contributed by atoms with Crippen molar-refractivity contribution < 1.29 is 10.2 Å². The Morgan fingerprint density at radius 2 is 1.41 bits per heavy atom. The maximum Gasteiger partial charge on any atom is 0.114 e. The Morgan fingerprint density at radius 3 is 1.73 bits per heavy atom. The Kier molecular flexibility index (Phi) is 11.6. The molecule has 2 radical (unpaired) electrons. The molecular formula is C19H35BO2. The summed E-state index contributed by atoms with van der Waals surface area (Å²) < 4.78 is 0. The zero-order valence-electron chi connectivity index (χ0n) is 15.8. The smallest absolute Gasteiger partial charge is 0.114 e. The van der Waals surface area contributed by atoms with Crippen molar-refractivity contribution in [2.75, 3.05) is 0 Å². The van der Waals surface area contributed by atoms with Crippen LogP contribution in [0.1, 0.15) is 67.4 Å². The summed E-state index contributed by atoms with van der Waals surface area (Å²) >= 11 is 0. The first kappa shape index (κ1) is 23.5. The number of aliphatic hydroxyl groups is 2. The first-order valence-corrected chi connectivity index (χ1v) is 8.27. The lowest BCUT2D eigenvalue weighted by atomic mass is 9.86. The molecule has 1 rings (SSSR count). The summed E-state index contributed by atoms with van der Waals surface area (Å²) in [6, 6.07) is 8.11. The monoisotopic (exact) mass is 306 g/mol. The summed E-state index contributed by atoms with van der Waals surface area (Å²) in [5.74, 6) is 0.731. The maximum absolute atomic E-state index is 9.10. The minimum absolute atomic E-state index is 0.731. The summed E-state index contributed by atoms with van der Waals surface area (Å²) in [5.41, 5.74) is 0.199. The Bertz CT molecular complexity index is 377. The van der Waals surface area contributed by atoms with E-state index >= 15 is 0 Å². The molecule has 1 aromatic carbocycles. The molecule has 3 heteroatoms. The largest absolute Gasteiger partial charge is 0.387 e. The lowest BCUT2D eigenvalue weighted by molar-refractivity contribution is -0.107. The van der Waals surface area contributed by atoms with Crippen LogP contribution >= 0.6 is 0 Å². The molecule has 0 spiro atoms. The molecule has 0 bridgehead atoms. The SMILES string of the molecule is CC.CC(C)(O)C(C)(C)O.[B]c1ccccc1CC(C)CC. The minimum Gasteiger partial charge on any atom is -0.387 e. The van der Waals surface area contributed by atoms with Gasteiger partial charge < -0.3 is 10.2 Å². The van der Waals surface area contributed by atoms with Crippen LogP contribution in [0.15, 0.2) is 24.3 Å². The van der Waals surface area contributed by atoms with Gasteiger partial charge in [0.25, 0.3) is 0 Å². The van der Waals surface area contributed by atoms with E-state index < -0.39 is 11.2 Å². The van der Waals surface area contributed by atoms with Crippen LogP contribution in [0.5, 0.6) is 0 Å². The van der Waals surface area contributed by atoms with Gasteiger partial charge in [0.05, 0.1) is 11.2 Å². The van der Waals surface area contributed by atoms with Gasteiger partial charge in [-0.05, 0) is 40.0 Å². The Labute approximate surface area is 139 Å². The molecule has 2 N–H and O–H groups in total. The van der Waals surface area contributed by atoms with E-state index in [4.69, 9.17) is 18.1 Å². The van der Waals surface area contributed by atoms with Crippen molar-refractivity contribution in [2.24, 2.45) is 5.92 Å². The Morgan fingerprint density at radius 1 is 1.00 bits per heavy atom. The van der Waals surface area contributed by atoms with Gasteiger partial charge in [-0.15, -0.1) is 0 Å². The average Bonchev–Trinajstić information content (AvgIpc) is 2.42. The molecule has 1 aromatic rings. The highest BCUT2D eigenvalue weighted by molar-refractivity contribution is 6.33. The lowest BCUT2D eigenvalue weighted by Gasteiger charge is -2.31. The fourth-order valence-electron chi connectivity index (χ4n) is 1.24. The molecule has 0 saturated carbocycles. The highest BCUT2D eigenvalue weighted by atomic mass is 16.3. The topological polar surface area (TPSA) is 40.5 Å². The third-order valence-electron chi connectivity index (χ3n) is 3.82. The van der Waals surface area contributed by atoms with Crippen LogP contribution in [0.3, 0.4) is 0 Å². The first-order valence-electron chi connectivity index (χ1n) is 8.27. The quantitative estimate of drug-likeness (QED) is 0.834. The summed E-state index contributed by atoms with van der Waals surface area (Å²) in [4.78, 5) is 0. The molecule has 2 nitrogen and oxygen atoms in total. The number of hydrogen-bond donors (Lipinski definition) is 2. The van der Waals surface area contributed by atoms with Gasteiger partial charge >= 0.3 is 0 Å². The summed E-state index contributed by atoms with van der Waals surface area (Å²) in [6.45, 7) is 14.8. The van der Waals surface area contributed by atoms with Crippen LogP contribution in [0.4, 0.5) is 0 Å². The molecule has 0 aliphatic heterocycles. The van der Waals surface area contributed by atoms with E-state index in [1.165, 1.54) is 12.0 Å². The molecule has 0 aromatic heterocycles. The zero-order valence-corrected chi connectivity index (χ0v) is 15.8. The zero-order chi connectivity index (χ0) is 18.0. The minimum atomic E-state index is -1.01. The van der Waals surface area contributed by atoms with Crippen molar-refractivity contribution in [3.63, 3.8) is 0 Å². The van der Waals surface area contributed by atoms with E-state index in [1.807, 2.05) is 32.0 Å². The van der Waals surface area contributed by atoms with Crippen LogP contribution in [-0.2, 0) is 6.42 Å². The molecule has 0 saturated heterocycles. The second-order valence-corrected chi connectivity index (χ2v) is 6.53. The van der Waals surface area contributed by atoms with Gasteiger partial charge in [-0.3, -0.25) is 0 Å². The normalized spacial score (nSPS) is 12.5. The number of rotatable bonds is 4. The molecule has 0 fully saturated rings. The molecule has 0 aliphatic rings. The van der Waals surface area contributed by atoms with E-state index in [2.05, 4.69) is 19.9 Å². The van der Waals surface area contributed by atoms with E-state index in [0.29, 0.717) is 0 Å². The predicted octanol–water partition coefficient (Wildman–Crippen LogP) is 3.62. The van der Waals surface area contributed by atoms with Crippen molar-refractivity contribution in [1.82, 2.24) is 0 Å². The van der Waals surface area contributed by atoms with E-state index in [0.717, 1.165) is 17.8 Å². The van der Waals surface area contributed by atoms with Crippen molar-refractivity contribution in [2.45, 2.75) is 79.4 Å².